The number of allylic oxidation sites excluding steroid dienone is 3. The number of ether oxygens (including phenoxy) is 2. The third kappa shape index (κ3) is 7.04. The molecule has 1 aromatic carbocycles. The number of aromatic hydroxyl groups is 1. The number of benzene rings is 1. The number of phenolic OH excluding ortho intramolecular Hbond substituents is 1. The highest BCUT2D eigenvalue weighted by Gasteiger charge is 2.69. The van der Waals surface area contributed by atoms with Crippen LogP contribution in [0.1, 0.15) is 97.0 Å². The summed E-state index contributed by atoms with van der Waals surface area (Å²) in [5, 5.41) is 38.2. The summed E-state index contributed by atoms with van der Waals surface area (Å²) in [6.45, 7) is 8.81. The lowest BCUT2D eigenvalue weighted by Gasteiger charge is -2.50. The average molecular weight is 701 g/mol. The first kappa shape index (κ1) is 36.6. The van der Waals surface area contributed by atoms with Gasteiger partial charge in [-0.15, -0.1) is 16.6 Å². The topological polar surface area (TPSA) is 119 Å². The molecule has 5 aliphatic carbocycles. The molecule has 278 valence electrons. The van der Waals surface area contributed by atoms with Gasteiger partial charge in [0.05, 0.1) is 18.1 Å². The van der Waals surface area contributed by atoms with E-state index in [2.05, 4.69) is 48.8 Å². The van der Waals surface area contributed by atoms with Gasteiger partial charge >= 0.3 is 0 Å². The molecule has 1 aromatic rings. The van der Waals surface area contributed by atoms with Crippen molar-refractivity contribution < 1.29 is 24.8 Å². The van der Waals surface area contributed by atoms with Gasteiger partial charge in [-0.3, -0.25) is 5.32 Å². The molecule has 6 N–H and O–H groups in total. The largest absolute Gasteiger partial charge is 0.504 e. The van der Waals surface area contributed by atoms with Crippen LogP contribution in [0.2, 0.25) is 0 Å². The lowest BCUT2D eigenvalue weighted by Crippen LogP contribution is -2.48. The molecule has 7 unspecified atom stereocenters. The van der Waals surface area contributed by atoms with Gasteiger partial charge in [0, 0.05) is 37.5 Å². The Labute approximate surface area is 305 Å². The van der Waals surface area contributed by atoms with E-state index in [0.29, 0.717) is 42.1 Å². The number of nitrogens with zero attached hydrogens (tertiary/aromatic N) is 1. The maximum atomic E-state index is 10.9. The summed E-state index contributed by atoms with van der Waals surface area (Å²) in [5.41, 5.74) is 4.84. The van der Waals surface area contributed by atoms with Gasteiger partial charge in [-0.2, -0.15) is 0 Å². The van der Waals surface area contributed by atoms with Crippen molar-refractivity contribution in [1.29, 1.82) is 0 Å². The number of hydrogen-bond donors (Lipinski definition) is 5. The molecule has 51 heavy (non-hydrogen) atoms. The van der Waals surface area contributed by atoms with E-state index in [-0.39, 0.29) is 36.0 Å². The molecule has 0 saturated heterocycles. The minimum atomic E-state index is -0.381. The van der Waals surface area contributed by atoms with Gasteiger partial charge in [-0.25, -0.2) is 0 Å². The quantitative estimate of drug-likeness (QED) is 0.0742. The first-order chi connectivity index (χ1) is 24.8. The predicted molar refractivity (Wildman–Crippen MR) is 203 cm³/mol. The van der Waals surface area contributed by atoms with Crippen molar-refractivity contribution in [3.8, 4) is 11.5 Å². The number of unbranched alkanes of at least 4 members (excludes halogenated alkanes) is 1. The fourth-order valence-electron chi connectivity index (χ4n) is 10.9. The van der Waals surface area contributed by atoms with Gasteiger partial charge in [0.1, 0.15) is 24.7 Å². The minimum absolute atomic E-state index is 0.0624. The van der Waals surface area contributed by atoms with E-state index in [1.54, 1.807) is 6.07 Å². The molecule has 3 saturated carbocycles. The van der Waals surface area contributed by atoms with Crippen molar-refractivity contribution in [2.75, 3.05) is 32.8 Å². The summed E-state index contributed by atoms with van der Waals surface area (Å²) in [6.07, 6.45) is 24.2. The van der Waals surface area contributed by atoms with E-state index in [9.17, 15) is 15.3 Å². The Morgan fingerprint density at radius 1 is 1.18 bits per heavy atom. The van der Waals surface area contributed by atoms with E-state index in [0.717, 1.165) is 68.1 Å². The van der Waals surface area contributed by atoms with E-state index >= 15 is 0 Å². The highest BCUT2D eigenvalue weighted by molar-refractivity contribution is 6.06. The first-order valence-electron chi connectivity index (χ1n) is 20.1. The molecule has 2 aliphatic heterocycles. The predicted octanol–water partition coefficient (Wildman–Crippen LogP) is 6.28. The molecule has 2 bridgehead atoms. The van der Waals surface area contributed by atoms with Crippen LogP contribution in [0.15, 0.2) is 58.8 Å². The maximum absolute atomic E-state index is 10.9. The molecular formula is C43H62N3O5+. The zero-order valence-electron chi connectivity index (χ0n) is 31.2. The van der Waals surface area contributed by atoms with E-state index < -0.39 is 0 Å². The molecule has 2 spiro atoms. The summed E-state index contributed by atoms with van der Waals surface area (Å²) >= 11 is 0. The lowest BCUT2D eigenvalue weighted by atomic mass is 9.52. The summed E-state index contributed by atoms with van der Waals surface area (Å²) < 4.78 is 11.3. The molecule has 7 aliphatic rings. The second-order valence-electron chi connectivity index (χ2n) is 16.3. The highest BCUT2D eigenvalue weighted by atomic mass is 16.5. The molecule has 7 atom stereocenters. The van der Waals surface area contributed by atoms with Gasteiger partial charge in [0.2, 0.25) is 0 Å². The van der Waals surface area contributed by atoms with E-state index in [1.807, 2.05) is 19.1 Å². The number of aryl methyl sites for hydroxylation is 1. The zero-order valence-corrected chi connectivity index (χ0v) is 31.2. The monoisotopic (exact) mass is 700 g/mol. The molecule has 8 heteroatoms. The van der Waals surface area contributed by atoms with E-state index in [4.69, 9.17) is 14.5 Å². The summed E-state index contributed by atoms with van der Waals surface area (Å²) in [5.74, 6) is 3.38. The fourth-order valence-corrected chi connectivity index (χ4v) is 10.9. The molecule has 0 amide bonds. The van der Waals surface area contributed by atoms with Crippen molar-refractivity contribution in [3.63, 3.8) is 0 Å². The smallest absolute Gasteiger partial charge is 0.196 e. The molecule has 2 heterocycles. The van der Waals surface area contributed by atoms with Gasteiger partial charge in [-0.05, 0) is 87.4 Å². The lowest BCUT2D eigenvalue weighted by molar-refractivity contribution is -0.0550. The molecule has 8 nitrogen and oxygen atoms in total. The van der Waals surface area contributed by atoms with Crippen LogP contribution < -0.4 is 15.4 Å². The Bertz CT molecular complexity index is 1490. The van der Waals surface area contributed by atoms with Crippen LogP contribution >= 0.6 is 0 Å². The summed E-state index contributed by atoms with van der Waals surface area (Å²) in [6, 6.07) is 5.54. The van der Waals surface area contributed by atoms with Crippen LogP contribution in [0.4, 0.5) is 0 Å². The van der Waals surface area contributed by atoms with Gasteiger partial charge in [0.25, 0.3) is 0 Å². The second-order valence-corrected chi connectivity index (χ2v) is 16.3. The van der Waals surface area contributed by atoms with Gasteiger partial charge in [-0.1, -0.05) is 57.7 Å². The second kappa shape index (κ2) is 15.7. The van der Waals surface area contributed by atoms with Crippen molar-refractivity contribution in [2.24, 2.45) is 33.6 Å². The standard InChI is InChI=1S/C43H61N3O5/c1-4-6-10-38-30(26-47)22-31(51-38)14-12-29-13-15-37(49)39(21-29)50-27-36(45-5-2)35-23-32-34(25-44-24-28(3)48)43-19-9-11-40(43)42(17-7-8-18-42)33(16-20-43)41(32)46-35/h13,15-16,20-23,28,33-34,36,38,40,44-45,47-48,51H,4-12,14,17-19,24-27H2,1-3H3/p+1. The Hall–Kier alpha value is -2.75. The third-order valence-electron chi connectivity index (χ3n) is 13.2. The average Bonchev–Trinajstić information content (AvgIpc) is 3.93. The van der Waals surface area contributed by atoms with Crippen LogP contribution in [0.25, 0.3) is 0 Å². The van der Waals surface area contributed by atoms with Crippen molar-refractivity contribution in [1.82, 2.24) is 10.6 Å². The van der Waals surface area contributed by atoms with Crippen LogP contribution in [-0.2, 0) is 6.42 Å². The molecular weight excluding hydrogens is 638 g/mol. The van der Waals surface area contributed by atoms with Crippen LogP contribution in [0, 0.1) is 40.6 Å². The minimum Gasteiger partial charge on any atom is -0.504 e. The van der Waals surface area contributed by atoms with E-state index in [1.165, 1.54) is 56.6 Å². The maximum Gasteiger partial charge on any atom is 0.196 e. The SMILES string of the molecule is CCCCC1[OH+][C-](CCc2ccc(O)c(OCC(NCC)C3=C[C+]4C(=N3)C3C=CC5(CCCC5C35CCCC5)C4CNCC(C)O)c2)C=C1CO. The number of hydrogen-bond acceptors (Lipinski definition) is 7. The zero-order chi connectivity index (χ0) is 35.6. The third-order valence-corrected chi connectivity index (χ3v) is 13.2. The number of aliphatic hydroxyl groups excluding tert-OH is 2. The summed E-state index contributed by atoms with van der Waals surface area (Å²) in [4.78, 5) is 5.54. The number of aliphatic imine (C=N–C) groups is 1. The molecule has 8 rings (SSSR count). The van der Waals surface area contributed by atoms with Crippen molar-refractivity contribution in [2.45, 2.75) is 116 Å². The van der Waals surface area contributed by atoms with Crippen LogP contribution in [0.3, 0.4) is 0 Å². The fraction of sp³-hybridized carbons (Fsp3) is 0.651. The number of rotatable bonds is 17. The highest BCUT2D eigenvalue weighted by Crippen LogP contribution is 2.71. The molecule has 0 aromatic heterocycles. The number of nitrogens with one attached hydrogen (secondary N) is 2. The Morgan fingerprint density at radius 3 is 2.78 bits per heavy atom. The van der Waals surface area contributed by atoms with Crippen LogP contribution in [-0.4, -0.2) is 76.9 Å². The number of phenols is 1. The molecule has 3 fully saturated rings. The Balaban J connectivity index is 1.08. The normalized spacial score (nSPS) is 29.9. The Morgan fingerprint density at radius 2 is 2.02 bits per heavy atom. The number of aliphatic hydroxyl groups is 4. The van der Waals surface area contributed by atoms with Crippen molar-refractivity contribution in [3.05, 3.63) is 71.4 Å². The first-order valence-corrected chi connectivity index (χ1v) is 20.1. The summed E-state index contributed by atoms with van der Waals surface area (Å²) in [7, 11) is 0. The van der Waals surface area contributed by atoms with Gasteiger partial charge < -0.3 is 30.1 Å². The van der Waals surface area contributed by atoms with Gasteiger partial charge in [0.15, 0.2) is 28.9 Å². The molecule has 0 radical (unpaired) electrons. The van der Waals surface area contributed by atoms with Crippen molar-refractivity contribution >= 4 is 5.71 Å². The Kier molecular flexibility index (Phi) is 11.3. The van der Waals surface area contributed by atoms with Crippen LogP contribution in [0.5, 0.6) is 11.5 Å². The number of likely N-dealkylation sites (N-methyl/N-ethyl adjacent to an activating group) is 1.